The molecule has 0 aliphatic heterocycles. The molecule has 1 fully saturated rings. The maximum absolute atomic E-state index is 11.6. The molecule has 106 valence electrons. The van der Waals surface area contributed by atoms with Crippen molar-refractivity contribution in [2.45, 2.75) is 25.3 Å². The minimum atomic E-state index is -0.818. The van der Waals surface area contributed by atoms with E-state index in [0.29, 0.717) is 26.1 Å². The highest BCUT2D eigenvalue weighted by Crippen LogP contribution is 2.37. The van der Waals surface area contributed by atoms with Crippen LogP contribution in [0.25, 0.3) is 0 Å². The molecule has 6 heteroatoms. The first-order valence-electron chi connectivity index (χ1n) is 6.07. The van der Waals surface area contributed by atoms with Crippen LogP contribution in [0.2, 0.25) is 0 Å². The molecule has 0 atom stereocenters. The van der Waals surface area contributed by atoms with Gasteiger partial charge in [-0.25, -0.2) is 19.6 Å². The topological polar surface area (TPSA) is 64.6 Å². The molecule has 18 heavy (non-hydrogen) atoms. The van der Waals surface area contributed by atoms with Gasteiger partial charge in [-0.3, -0.25) is 0 Å². The van der Waals surface area contributed by atoms with Gasteiger partial charge >= 0.3 is 12.1 Å². The van der Waals surface area contributed by atoms with Gasteiger partial charge in [0.15, 0.2) is 0 Å². The summed E-state index contributed by atoms with van der Waals surface area (Å²) in [5.74, 6) is 0.510. The van der Waals surface area contributed by atoms with E-state index in [0.717, 1.165) is 5.75 Å². The third kappa shape index (κ3) is 4.76. The Labute approximate surface area is 110 Å². The summed E-state index contributed by atoms with van der Waals surface area (Å²) in [7, 11) is -0.669. The Morgan fingerprint density at radius 1 is 1.22 bits per heavy atom. The van der Waals surface area contributed by atoms with Crippen LogP contribution in [0.15, 0.2) is 0 Å². The summed E-state index contributed by atoms with van der Waals surface area (Å²) < 4.78 is 10.0. The molecule has 0 unspecified atom stereocenters. The highest BCUT2D eigenvalue weighted by atomic mass is 32.3. The van der Waals surface area contributed by atoms with Crippen molar-refractivity contribution in [3.63, 3.8) is 0 Å². The molecule has 0 bridgehead atoms. The van der Waals surface area contributed by atoms with Crippen LogP contribution in [0.3, 0.4) is 0 Å². The zero-order valence-electron chi connectivity index (χ0n) is 11.6. The van der Waals surface area contributed by atoms with Gasteiger partial charge in [0, 0.05) is 5.75 Å². The predicted octanol–water partition coefficient (Wildman–Crippen LogP) is 1.50. The number of alkyl carbamates (subject to hydrolysis) is 1. The van der Waals surface area contributed by atoms with Crippen molar-refractivity contribution in [2.75, 3.05) is 37.7 Å². The summed E-state index contributed by atoms with van der Waals surface area (Å²) >= 11 is 0. The van der Waals surface area contributed by atoms with Crippen LogP contribution >= 0.6 is 10.0 Å². The average molecular weight is 277 g/mol. The molecule has 0 saturated heterocycles. The largest absolute Gasteiger partial charge is 0.464 e. The summed E-state index contributed by atoms with van der Waals surface area (Å²) in [6.07, 6.45) is 7.22. The van der Waals surface area contributed by atoms with Crippen molar-refractivity contribution >= 4 is 22.1 Å². The van der Waals surface area contributed by atoms with Crippen molar-refractivity contribution in [2.24, 2.45) is 0 Å². The fraction of sp³-hybridized carbons (Fsp3) is 0.833. The molecule has 1 saturated carbocycles. The second-order valence-corrected chi connectivity index (χ2v) is 9.95. The van der Waals surface area contributed by atoms with Gasteiger partial charge < -0.3 is 14.8 Å². The molecule has 1 N–H and O–H groups in total. The van der Waals surface area contributed by atoms with E-state index in [9.17, 15) is 9.59 Å². The van der Waals surface area contributed by atoms with E-state index in [1.807, 2.05) is 0 Å². The number of rotatable bonds is 6. The average Bonchev–Trinajstić information content (AvgIpc) is 2.97. The van der Waals surface area contributed by atoms with E-state index in [1.54, 1.807) is 6.92 Å². The van der Waals surface area contributed by atoms with Crippen molar-refractivity contribution in [3.05, 3.63) is 0 Å². The summed E-state index contributed by atoms with van der Waals surface area (Å²) in [5.41, 5.74) is -0.818. The summed E-state index contributed by atoms with van der Waals surface area (Å²) in [4.78, 5) is 23.2. The molecule has 0 radical (unpaired) electrons. The van der Waals surface area contributed by atoms with Crippen molar-refractivity contribution in [1.82, 2.24) is 5.32 Å². The van der Waals surface area contributed by atoms with Gasteiger partial charge in [-0.05, 0) is 38.5 Å². The van der Waals surface area contributed by atoms with Crippen LogP contribution in [0.1, 0.15) is 19.8 Å². The fourth-order valence-electron chi connectivity index (χ4n) is 1.39. The zero-order chi connectivity index (χ0) is 13.8. The lowest BCUT2D eigenvalue weighted by Gasteiger charge is -2.24. The second-order valence-electron chi connectivity index (χ2n) is 5.36. The van der Waals surface area contributed by atoms with Crippen LogP contribution in [0.5, 0.6) is 0 Å². The smallest absolute Gasteiger partial charge is 0.408 e. The number of carbonyl (C=O) groups excluding carboxylic acids is 2. The molecular weight excluding hydrogens is 254 g/mol. The molecule has 1 aliphatic carbocycles. The molecule has 1 amide bonds. The summed E-state index contributed by atoms with van der Waals surface area (Å²) in [6.45, 7) is 2.46. The van der Waals surface area contributed by atoms with Gasteiger partial charge in [0.05, 0.1) is 6.61 Å². The SMILES string of the molecule is CCOC(=O)C1(NC(=O)OCCS(C)(C)C)CC1. The van der Waals surface area contributed by atoms with Crippen molar-refractivity contribution in [3.8, 4) is 0 Å². The third-order valence-corrected chi connectivity index (χ3v) is 4.08. The number of nitrogens with one attached hydrogen (secondary N) is 1. The van der Waals surface area contributed by atoms with Crippen molar-refractivity contribution in [1.29, 1.82) is 0 Å². The molecule has 0 aromatic heterocycles. The number of ether oxygens (including phenoxy) is 2. The molecule has 0 aromatic carbocycles. The van der Waals surface area contributed by atoms with Crippen molar-refractivity contribution < 1.29 is 19.1 Å². The van der Waals surface area contributed by atoms with Gasteiger partial charge in [-0.2, -0.15) is 0 Å². The number of hydrogen-bond donors (Lipinski definition) is 1. The first-order valence-corrected chi connectivity index (χ1v) is 9.10. The summed E-state index contributed by atoms with van der Waals surface area (Å²) in [5, 5.41) is 2.61. The molecule has 1 aliphatic rings. The Hall–Kier alpha value is -0.910. The molecule has 0 aromatic rings. The van der Waals surface area contributed by atoms with Crippen LogP contribution in [-0.4, -0.2) is 55.3 Å². The van der Waals surface area contributed by atoms with Gasteiger partial charge in [0.2, 0.25) is 0 Å². The number of esters is 1. The number of amides is 1. The van der Waals surface area contributed by atoms with Gasteiger partial charge in [-0.1, -0.05) is 0 Å². The van der Waals surface area contributed by atoms with E-state index >= 15 is 0 Å². The van der Waals surface area contributed by atoms with Gasteiger partial charge in [0.25, 0.3) is 0 Å². The van der Waals surface area contributed by atoms with Gasteiger partial charge in [0.1, 0.15) is 12.1 Å². The Balaban J connectivity index is 2.30. The Kier molecular flexibility index (Phi) is 4.90. The highest BCUT2D eigenvalue weighted by molar-refractivity contribution is 8.32. The molecular formula is C12H23NO4S. The predicted molar refractivity (Wildman–Crippen MR) is 73.3 cm³/mol. The lowest BCUT2D eigenvalue weighted by Crippen LogP contribution is -2.44. The quantitative estimate of drug-likeness (QED) is 0.747. The van der Waals surface area contributed by atoms with E-state index < -0.39 is 21.7 Å². The minimum Gasteiger partial charge on any atom is -0.464 e. The number of carbonyl (C=O) groups is 2. The zero-order valence-corrected chi connectivity index (χ0v) is 12.4. The molecule has 5 nitrogen and oxygen atoms in total. The Morgan fingerprint density at radius 3 is 2.28 bits per heavy atom. The van der Waals surface area contributed by atoms with E-state index in [1.165, 1.54) is 0 Å². The lowest BCUT2D eigenvalue weighted by molar-refractivity contribution is -0.146. The first kappa shape index (κ1) is 15.1. The van der Waals surface area contributed by atoms with Crippen LogP contribution in [-0.2, 0) is 14.3 Å². The first-order chi connectivity index (χ1) is 8.29. The molecule has 0 heterocycles. The third-order valence-electron chi connectivity index (χ3n) is 2.69. The second kappa shape index (κ2) is 5.82. The Bertz CT molecular complexity index is 321. The van der Waals surface area contributed by atoms with E-state index in [4.69, 9.17) is 9.47 Å². The van der Waals surface area contributed by atoms with E-state index in [-0.39, 0.29) is 5.97 Å². The normalized spacial score (nSPS) is 17.8. The molecule has 1 rings (SSSR count). The minimum absolute atomic E-state index is 0.324. The van der Waals surface area contributed by atoms with Crippen LogP contribution in [0.4, 0.5) is 4.79 Å². The number of hydrogen-bond acceptors (Lipinski definition) is 4. The van der Waals surface area contributed by atoms with Gasteiger partial charge in [-0.15, -0.1) is 0 Å². The standard InChI is InChI=1S/C12H23NO4S/c1-5-16-10(14)12(6-7-12)13-11(15)17-8-9-18(2,3)4/h5-9H2,1-4H3,(H,13,15). The highest BCUT2D eigenvalue weighted by Gasteiger charge is 2.53. The fourth-order valence-corrected chi connectivity index (χ4v) is 1.97. The molecule has 0 spiro atoms. The summed E-state index contributed by atoms with van der Waals surface area (Å²) in [6, 6.07) is 0. The van der Waals surface area contributed by atoms with Crippen LogP contribution in [0, 0.1) is 0 Å². The van der Waals surface area contributed by atoms with E-state index in [2.05, 4.69) is 24.1 Å². The van der Waals surface area contributed by atoms with Crippen LogP contribution < -0.4 is 5.32 Å². The Morgan fingerprint density at radius 2 is 1.83 bits per heavy atom. The maximum atomic E-state index is 11.6. The monoisotopic (exact) mass is 277 g/mol. The maximum Gasteiger partial charge on any atom is 0.408 e. The lowest BCUT2D eigenvalue weighted by atomic mass is 10.3.